The largest absolute Gasteiger partial charge is 0.350 e. The van der Waals surface area contributed by atoms with Crippen molar-refractivity contribution in [2.45, 2.75) is 6.92 Å². The minimum absolute atomic E-state index is 0.606. The highest BCUT2D eigenvalue weighted by Gasteiger charge is 2.01. The highest BCUT2D eigenvalue weighted by atomic mass is 16.2. The van der Waals surface area contributed by atoms with Crippen molar-refractivity contribution in [3.05, 3.63) is 42.1 Å². The number of urea groups is 1. The third kappa shape index (κ3) is 2.57. The topological polar surface area (TPSA) is 80.4 Å². The number of primary amides is 1. The highest BCUT2D eigenvalue weighted by molar-refractivity contribution is 5.99. The molecule has 0 unspecified atom stereocenters. The predicted molar refractivity (Wildman–Crippen MR) is 66.7 cm³/mol. The van der Waals surface area contributed by atoms with Crippen LogP contribution in [0.1, 0.15) is 12.6 Å². The fraction of sp³-hybridized carbons (Fsp3) is 0.0833. The molecule has 2 rings (SSSR count). The monoisotopic (exact) mass is 228 g/mol. The number of benzene rings is 1. The van der Waals surface area contributed by atoms with Crippen LogP contribution in [0.3, 0.4) is 0 Å². The summed E-state index contributed by atoms with van der Waals surface area (Å²) in [5, 5.41) is 4.89. The molecule has 0 atom stereocenters. The molecule has 5 nitrogen and oxygen atoms in total. The number of rotatable bonds is 2. The second-order valence-electron chi connectivity index (χ2n) is 3.56. The van der Waals surface area contributed by atoms with Crippen LogP contribution in [0.4, 0.5) is 4.79 Å². The molecule has 0 saturated carbocycles. The standard InChI is InChI=1S/C12H12N4O/c1-8(15-16-12(13)17)10-7-6-9-4-2-3-5-11(9)14-10/h2-7H,1H3,(H3,13,16,17)/b15-8+. The molecule has 0 aliphatic rings. The van der Waals surface area contributed by atoms with Crippen LogP contribution in [-0.4, -0.2) is 16.7 Å². The second-order valence-corrected chi connectivity index (χ2v) is 3.56. The van der Waals surface area contributed by atoms with Crippen LogP contribution in [0, 0.1) is 0 Å². The number of carbonyl (C=O) groups excluding carboxylic acids is 1. The van der Waals surface area contributed by atoms with Gasteiger partial charge in [-0.3, -0.25) is 0 Å². The van der Waals surface area contributed by atoms with E-state index < -0.39 is 6.03 Å². The summed E-state index contributed by atoms with van der Waals surface area (Å²) in [7, 11) is 0. The lowest BCUT2D eigenvalue weighted by Crippen LogP contribution is -2.25. The molecule has 1 heterocycles. The van der Waals surface area contributed by atoms with E-state index in [0.717, 1.165) is 10.9 Å². The van der Waals surface area contributed by atoms with Gasteiger partial charge in [0, 0.05) is 5.39 Å². The van der Waals surface area contributed by atoms with Crippen molar-refractivity contribution in [2.75, 3.05) is 0 Å². The third-order valence-corrected chi connectivity index (χ3v) is 2.30. The van der Waals surface area contributed by atoms with E-state index in [1.54, 1.807) is 6.92 Å². The smallest absolute Gasteiger partial charge is 0.332 e. The Labute approximate surface area is 98.3 Å². The maximum atomic E-state index is 10.5. The molecule has 2 aromatic rings. The Morgan fingerprint density at radius 2 is 2.06 bits per heavy atom. The zero-order valence-corrected chi connectivity index (χ0v) is 9.34. The Balaban J connectivity index is 2.36. The van der Waals surface area contributed by atoms with Crippen molar-refractivity contribution in [3.8, 4) is 0 Å². The fourth-order valence-corrected chi connectivity index (χ4v) is 1.46. The maximum Gasteiger partial charge on any atom is 0.332 e. The molecule has 1 aromatic heterocycles. The molecule has 0 radical (unpaired) electrons. The molecule has 0 saturated heterocycles. The Bertz CT molecular complexity index is 592. The van der Waals surface area contributed by atoms with Crippen LogP contribution in [0.15, 0.2) is 41.5 Å². The van der Waals surface area contributed by atoms with Crippen molar-refractivity contribution >= 4 is 22.6 Å². The van der Waals surface area contributed by atoms with Crippen molar-refractivity contribution in [1.29, 1.82) is 0 Å². The zero-order valence-electron chi connectivity index (χ0n) is 9.34. The van der Waals surface area contributed by atoms with Crippen molar-refractivity contribution in [2.24, 2.45) is 10.8 Å². The number of aromatic nitrogens is 1. The Kier molecular flexibility index (Phi) is 3.00. The molecule has 86 valence electrons. The van der Waals surface area contributed by atoms with E-state index in [1.807, 2.05) is 36.4 Å². The number of nitrogens with zero attached hydrogens (tertiary/aromatic N) is 2. The first kappa shape index (κ1) is 11.1. The number of hydrazone groups is 1. The van der Waals surface area contributed by atoms with Crippen molar-refractivity contribution < 1.29 is 4.79 Å². The van der Waals surface area contributed by atoms with Gasteiger partial charge in [-0.15, -0.1) is 0 Å². The lowest BCUT2D eigenvalue weighted by Gasteiger charge is -2.02. The van der Waals surface area contributed by atoms with Crippen LogP contribution in [0.2, 0.25) is 0 Å². The quantitative estimate of drug-likeness (QED) is 0.605. The highest BCUT2D eigenvalue weighted by Crippen LogP contribution is 2.12. The number of nitrogens with one attached hydrogen (secondary N) is 1. The van der Waals surface area contributed by atoms with Gasteiger partial charge in [0.2, 0.25) is 0 Å². The molecule has 0 aliphatic heterocycles. The Morgan fingerprint density at radius 3 is 2.82 bits per heavy atom. The molecule has 0 aliphatic carbocycles. The summed E-state index contributed by atoms with van der Waals surface area (Å²) in [6.45, 7) is 1.76. The minimum atomic E-state index is -0.690. The molecular formula is C12H12N4O. The van der Waals surface area contributed by atoms with Gasteiger partial charge in [-0.25, -0.2) is 15.2 Å². The van der Waals surface area contributed by atoms with Gasteiger partial charge in [-0.05, 0) is 19.1 Å². The average Bonchev–Trinajstić information content (AvgIpc) is 2.35. The summed E-state index contributed by atoms with van der Waals surface area (Å²) in [5.41, 5.74) is 9.31. The lowest BCUT2D eigenvalue weighted by molar-refractivity contribution is 0.249. The van der Waals surface area contributed by atoms with Gasteiger partial charge in [0.15, 0.2) is 0 Å². The lowest BCUT2D eigenvalue weighted by atomic mass is 10.2. The summed E-state index contributed by atoms with van der Waals surface area (Å²) >= 11 is 0. The first-order valence-corrected chi connectivity index (χ1v) is 5.13. The van der Waals surface area contributed by atoms with Crippen LogP contribution >= 0.6 is 0 Å². The number of para-hydroxylation sites is 1. The van der Waals surface area contributed by atoms with Crippen LogP contribution < -0.4 is 11.2 Å². The van der Waals surface area contributed by atoms with E-state index in [2.05, 4.69) is 15.5 Å². The molecule has 0 spiro atoms. The van der Waals surface area contributed by atoms with E-state index in [0.29, 0.717) is 11.4 Å². The summed E-state index contributed by atoms with van der Waals surface area (Å²) < 4.78 is 0. The molecule has 17 heavy (non-hydrogen) atoms. The number of carbonyl (C=O) groups is 1. The number of nitrogens with two attached hydrogens (primary N) is 1. The SMILES string of the molecule is C/C(=N\NC(N)=O)c1ccc2ccccc2n1. The third-order valence-electron chi connectivity index (χ3n) is 2.30. The van der Waals surface area contributed by atoms with E-state index in [4.69, 9.17) is 5.73 Å². The molecular weight excluding hydrogens is 216 g/mol. The summed E-state index contributed by atoms with van der Waals surface area (Å²) in [6.07, 6.45) is 0. The fourth-order valence-electron chi connectivity index (χ4n) is 1.46. The summed E-state index contributed by atoms with van der Waals surface area (Å²) in [6, 6.07) is 10.9. The maximum absolute atomic E-state index is 10.5. The second kappa shape index (κ2) is 4.61. The van der Waals surface area contributed by atoms with Gasteiger partial charge in [-0.2, -0.15) is 5.10 Å². The number of pyridine rings is 1. The first-order chi connectivity index (χ1) is 8.16. The summed E-state index contributed by atoms with van der Waals surface area (Å²) in [4.78, 5) is 15.0. The molecule has 2 amide bonds. The number of amides is 2. The van der Waals surface area contributed by atoms with E-state index >= 15 is 0 Å². The van der Waals surface area contributed by atoms with Gasteiger partial charge in [0.1, 0.15) is 0 Å². The normalized spacial score (nSPS) is 11.5. The van der Waals surface area contributed by atoms with E-state index in [1.165, 1.54) is 0 Å². The van der Waals surface area contributed by atoms with Gasteiger partial charge in [0.05, 0.1) is 16.9 Å². The van der Waals surface area contributed by atoms with Crippen molar-refractivity contribution in [1.82, 2.24) is 10.4 Å². The zero-order chi connectivity index (χ0) is 12.3. The predicted octanol–water partition coefficient (Wildman–Crippen LogP) is 1.63. The number of hydrogen-bond donors (Lipinski definition) is 2. The molecule has 0 bridgehead atoms. The summed E-state index contributed by atoms with van der Waals surface area (Å²) in [5.74, 6) is 0. The minimum Gasteiger partial charge on any atom is -0.350 e. The molecule has 3 N–H and O–H groups in total. The van der Waals surface area contributed by atoms with E-state index in [-0.39, 0.29) is 0 Å². The van der Waals surface area contributed by atoms with Gasteiger partial charge in [-0.1, -0.05) is 24.3 Å². The van der Waals surface area contributed by atoms with Crippen LogP contribution in [0.25, 0.3) is 10.9 Å². The van der Waals surface area contributed by atoms with Gasteiger partial charge >= 0.3 is 6.03 Å². The Hall–Kier alpha value is -2.43. The van der Waals surface area contributed by atoms with Crippen molar-refractivity contribution in [3.63, 3.8) is 0 Å². The van der Waals surface area contributed by atoms with Crippen LogP contribution in [0.5, 0.6) is 0 Å². The molecule has 5 heteroatoms. The van der Waals surface area contributed by atoms with Gasteiger partial charge < -0.3 is 5.73 Å². The number of fused-ring (bicyclic) bond motifs is 1. The Morgan fingerprint density at radius 1 is 1.29 bits per heavy atom. The van der Waals surface area contributed by atoms with E-state index in [9.17, 15) is 4.79 Å². The molecule has 0 fully saturated rings. The van der Waals surface area contributed by atoms with Gasteiger partial charge in [0.25, 0.3) is 0 Å². The van der Waals surface area contributed by atoms with Crippen LogP contribution in [-0.2, 0) is 0 Å². The average molecular weight is 228 g/mol. The molecule has 1 aromatic carbocycles. The number of hydrogen-bond acceptors (Lipinski definition) is 3. The first-order valence-electron chi connectivity index (χ1n) is 5.13.